The van der Waals surface area contributed by atoms with Crippen LogP contribution < -0.4 is 19.1 Å². The summed E-state index contributed by atoms with van der Waals surface area (Å²) >= 11 is 12.7. The van der Waals surface area contributed by atoms with E-state index in [1.165, 1.54) is 38.4 Å². The summed E-state index contributed by atoms with van der Waals surface area (Å²) in [5.74, 6) is -0.219. The molecule has 4 rings (SSSR count). The zero-order chi connectivity index (χ0) is 25.3. The maximum atomic E-state index is 13.6. The van der Waals surface area contributed by atoms with Crippen molar-refractivity contribution in [3.63, 3.8) is 0 Å². The molecule has 35 heavy (non-hydrogen) atoms. The summed E-state index contributed by atoms with van der Waals surface area (Å²) in [5, 5.41) is 12.4. The topological polar surface area (TPSA) is 85.3 Å². The lowest BCUT2D eigenvalue weighted by molar-refractivity contribution is -0.136. The SMILES string of the molecule is COc1cc(C(=O)C[C@@]2(O)C(=O)N(Cc3c(Cl)cccc3Cl)c3ccccc32)cc(OC)c1OC. The number of aliphatic hydroxyl groups is 1. The number of hydrogen-bond donors (Lipinski definition) is 1. The lowest BCUT2D eigenvalue weighted by atomic mass is 9.88. The number of para-hydroxylation sites is 1. The van der Waals surface area contributed by atoms with E-state index in [4.69, 9.17) is 37.4 Å². The second kappa shape index (κ2) is 9.77. The van der Waals surface area contributed by atoms with Crippen LogP contribution in [0.4, 0.5) is 5.69 Å². The summed E-state index contributed by atoms with van der Waals surface area (Å²) in [7, 11) is 4.33. The van der Waals surface area contributed by atoms with Crippen LogP contribution in [-0.4, -0.2) is 38.1 Å². The van der Waals surface area contributed by atoms with Crippen LogP contribution in [0.1, 0.15) is 27.9 Å². The van der Waals surface area contributed by atoms with Gasteiger partial charge in [0.2, 0.25) is 5.75 Å². The van der Waals surface area contributed by atoms with Crippen molar-refractivity contribution in [2.24, 2.45) is 0 Å². The highest BCUT2D eigenvalue weighted by atomic mass is 35.5. The molecule has 1 heterocycles. The monoisotopic (exact) mass is 515 g/mol. The second-order valence-corrected chi connectivity index (χ2v) is 8.80. The number of ketones is 1. The number of nitrogens with zero attached hydrogens (tertiary/aromatic N) is 1. The van der Waals surface area contributed by atoms with Crippen molar-refractivity contribution in [3.8, 4) is 17.2 Å². The van der Waals surface area contributed by atoms with Crippen molar-refractivity contribution in [1.82, 2.24) is 0 Å². The molecule has 0 saturated heterocycles. The third-order valence-corrected chi connectivity index (χ3v) is 6.73. The van der Waals surface area contributed by atoms with Crippen molar-refractivity contribution in [3.05, 3.63) is 81.3 Å². The van der Waals surface area contributed by atoms with E-state index in [0.717, 1.165) is 0 Å². The van der Waals surface area contributed by atoms with Crippen LogP contribution in [0.15, 0.2) is 54.6 Å². The first-order chi connectivity index (χ1) is 16.7. The zero-order valence-electron chi connectivity index (χ0n) is 19.3. The quantitative estimate of drug-likeness (QED) is 0.423. The molecule has 0 unspecified atom stereocenters. The predicted octanol–water partition coefficient (Wildman–Crippen LogP) is 5.03. The minimum Gasteiger partial charge on any atom is -0.493 e. The van der Waals surface area contributed by atoms with Crippen LogP contribution in [0.25, 0.3) is 0 Å². The van der Waals surface area contributed by atoms with E-state index in [-0.39, 0.29) is 23.6 Å². The van der Waals surface area contributed by atoms with Crippen molar-refractivity contribution >= 4 is 40.6 Å². The highest BCUT2D eigenvalue weighted by molar-refractivity contribution is 6.36. The molecular formula is C26H23Cl2NO6. The molecule has 7 nitrogen and oxygen atoms in total. The number of rotatable bonds is 8. The van der Waals surface area contributed by atoms with Crippen molar-refractivity contribution in [1.29, 1.82) is 0 Å². The van der Waals surface area contributed by atoms with Crippen LogP contribution >= 0.6 is 23.2 Å². The lowest BCUT2D eigenvalue weighted by Crippen LogP contribution is -2.41. The molecule has 1 N–H and O–H groups in total. The third-order valence-electron chi connectivity index (χ3n) is 6.02. The fourth-order valence-electron chi connectivity index (χ4n) is 4.25. The molecule has 0 spiro atoms. The van der Waals surface area contributed by atoms with Crippen molar-refractivity contribution < 1.29 is 28.9 Å². The van der Waals surface area contributed by atoms with Gasteiger partial charge in [-0.05, 0) is 30.3 Å². The van der Waals surface area contributed by atoms with E-state index >= 15 is 0 Å². The minimum atomic E-state index is -2.08. The van der Waals surface area contributed by atoms with E-state index < -0.39 is 23.7 Å². The average Bonchev–Trinajstić information content (AvgIpc) is 3.06. The molecule has 182 valence electrons. The summed E-state index contributed by atoms with van der Waals surface area (Å²) < 4.78 is 16.0. The Balaban J connectivity index is 1.71. The molecule has 0 radical (unpaired) electrons. The van der Waals surface area contributed by atoms with Crippen molar-refractivity contribution in [2.75, 3.05) is 26.2 Å². The molecule has 9 heteroatoms. The molecule has 1 amide bonds. The summed E-state index contributed by atoms with van der Waals surface area (Å²) in [6.07, 6.45) is -0.492. The zero-order valence-corrected chi connectivity index (χ0v) is 20.8. The van der Waals surface area contributed by atoms with Gasteiger partial charge in [-0.3, -0.25) is 9.59 Å². The van der Waals surface area contributed by atoms with Gasteiger partial charge in [-0.25, -0.2) is 0 Å². The summed E-state index contributed by atoms with van der Waals surface area (Å²) in [6, 6.07) is 14.8. The Morgan fingerprint density at radius 2 is 1.54 bits per heavy atom. The fourth-order valence-corrected chi connectivity index (χ4v) is 4.77. The second-order valence-electron chi connectivity index (χ2n) is 7.98. The molecule has 0 fully saturated rings. The maximum absolute atomic E-state index is 13.6. The van der Waals surface area contributed by atoms with E-state index in [2.05, 4.69) is 0 Å². The van der Waals surface area contributed by atoms with Gasteiger partial charge in [-0.2, -0.15) is 0 Å². The number of methoxy groups -OCH3 is 3. The van der Waals surface area contributed by atoms with Gasteiger partial charge in [0.25, 0.3) is 5.91 Å². The van der Waals surface area contributed by atoms with Crippen LogP contribution in [0.3, 0.4) is 0 Å². The molecule has 0 aliphatic carbocycles. The number of Topliss-reactive ketones (excluding diaryl/α,β-unsaturated/α-hetero) is 1. The normalized spacial score (nSPS) is 16.7. The van der Waals surface area contributed by atoms with Crippen molar-refractivity contribution in [2.45, 2.75) is 18.6 Å². The molecule has 1 aliphatic heterocycles. The Kier molecular flexibility index (Phi) is 6.94. The molecule has 1 aliphatic rings. The highest BCUT2D eigenvalue weighted by Gasteiger charge is 2.51. The van der Waals surface area contributed by atoms with Gasteiger partial charge in [-0.15, -0.1) is 0 Å². The van der Waals surface area contributed by atoms with E-state index in [9.17, 15) is 14.7 Å². The fraction of sp³-hybridized carbons (Fsp3) is 0.231. The van der Waals surface area contributed by atoms with E-state index in [0.29, 0.717) is 32.6 Å². The number of benzene rings is 3. The molecule has 3 aromatic rings. The summed E-state index contributed by atoms with van der Waals surface area (Å²) in [6.45, 7) is 0.0367. The standard InChI is InChI=1S/C26H23Cl2NO6/c1-33-22-11-15(12-23(34-2)24(22)35-3)21(30)13-26(32)17-7-4-5-10-20(17)29(25(26)31)14-16-18(27)8-6-9-19(16)28/h4-12,32H,13-14H2,1-3H3/t26-/m0/s1. The van der Waals surface area contributed by atoms with E-state index in [1.807, 2.05) is 0 Å². The van der Waals surface area contributed by atoms with Crippen LogP contribution in [0.2, 0.25) is 10.0 Å². The molecular weight excluding hydrogens is 493 g/mol. The lowest BCUT2D eigenvalue weighted by Gasteiger charge is -2.23. The maximum Gasteiger partial charge on any atom is 0.264 e. The molecule has 3 aromatic carbocycles. The van der Waals surface area contributed by atoms with Gasteiger partial charge in [0, 0.05) is 26.7 Å². The molecule has 0 saturated carbocycles. The average molecular weight is 516 g/mol. The van der Waals surface area contributed by atoms with Crippen LogP contribution in [-0.2, 0) is 16.9 Å². The number of amides is 1. The van der Waals surface area contributed by atoms with Crippen LogP contribution in [0, 0.1) is 0 Å². The Morgan fingerprint density at radius 3 is 2.11 bits per heavy atom. The van der Waals surface area contributed by atoms with Crippen LogP contribution in [0.5, 0.6) is 17.2 Å². The largest absolute Gasteiger partial charge is 0.493 e. The number of carbonyl (C=O) groups excluding carboxylic acids is 2. The number of ether oxygens (including phenoxy) is 3. The van der Waals surface area contributed by atoms with Gasteiger partial charge >= 0.3 is 0 Å². The smallest absolute Gasteiger partial charge is 0.264 e. The number of halogens is 2. The first kappa shape index (κ1) is 24.9. The van der Waals surface area contributed by atoms with Gasteiger partial charge in [0.05, 0.1) is 40.0 Å². The number of fused-ring (bicyclic) bond motifs is 1. The summed E-state index contributed by atoms with van der Waals surface area (Å²) in [4.78, 5) is 28.3. The van der Waals surface area contributed by atoms with Gasteiger partial charge in [0.15, 0.2) is 22.9 Å². The third kappa shape index (κ3) is 4.31. The van der Waals surface area contributed by atoms with E-state index in [1.54, 1.807) is 42.5 Å². The minimum absolute atomic E-state index is 0.0367. The Hall–Kier alpha value is -3.26. The molecule has 0 bridgehead atoms. The van der Waals surface area contributed by atoms with Gasteiger partial charge in [-0.1, -0.05) is 47.5 Å². The highest BCUT2D eigenvalue weighted by Crippen LogP contribution is 2.45. The first-order valence-electron chi connectivity index (χ1n) is 10.6. The molecule has 0 aromatic heterocycles. The number of anilines is 1. The first-order valence-corrected chi connectivity index (χ1v) is 11.4. The number of carbonyl (C=O) groups is 2. The number of hydrogen-bond acceptors (Lipinski definition) is 6. The Bertz CT molecular complexity index is 1270. The Labute approximate surface area is 212 Å². The molecule has 1 atom stereocenters. The van der Waals surface area contributed by atoms with Gasteiger partial charge < -0.3 is 24.2 Å². The van der Waals surface area contributed by atoms with Gasteiger partial charge in [0.1, 0.15) is 0 Å². The summed E-state index contributed by atoms with van der Waals surface area (Å²) in [5.41, 5.74) is -0.533. The Morgan fingerprint density at radius 1 is 0.943 bits per heavy atom. The predicted molar refractivity (Wildman–Crippen MR) is 133 cm³/mol.